The minimum Gasteiger partial charge on any atom is -0.483 e. The number of fused-ring (bicyclic) bond motifs is 1. The van der Waals surface area contributed by atoms with Crippen molar-refractivity contribution >= 4 is 36.1 Å². The van der Waals surface area contributed by atoms with Crippen LogP contribution in [0.1, 0.15) is 36.7 Å². The van der Waals surface area contributed by atoms with Crippen LogP contribution in [0.25, 0.3) is 5.65 Å². The van der Waals surface area contributed by atoms with Gasteiger partial charge < -0.3 is 25.2 Å². The maximum atomic E-state index is 12.6. The Hall–Kier alpha value is -3.99. The molecule has 1 fully saturated rings. The molecule has 0 saturated carbocycles. The minimum atomic E-state index is -0.250. The number of hydrogen-bond donors (Lipinski definition) is 3. The van der Waals surface area contributed by atoms with E-state index in [1.807, 2.05) is 36.4 Å². The summed E-state index contributed by atoms with van der Waals surface area (Å²) in [5.74, 6) is 1.18. The lowest BCUT2D eigenvalue weighted by Crippen LogP contribution is -2.36. The first-order chi connectivity index (χ1) is 16.2. The molecule has 1 aromatic carbocycles. The van der Waals surface area contributed by atoms with Crippen molar-refractivity contribution in [1.82, 2.24) is 14.6 Å². The second kappa shape index (κ2) is 12.3. The highest BCUT2D eigenvalue weighted by Crippen LogP contribution is 2.22. The molecule has 0 spiro atoms. The highest BCUT2D eigenvalue weighted by Gasteiger charge is 2.16. The molecule has 0 bridgehead atoms. The fourth-order valence-corrected chi connectivity index (χ4v) is 3.20. The maximum absolute atomic E-state index is 12.6. The molecule has 3 N–H and O–H groups in total. The molecule has 11 heteroatoms. The number of imidazole rings is 1. The molecule has 0 aliphatic carbocycles. The largest absolute Gasteiger partial charge is 0.483 e. The first-order valence-corrected chi connectivity index (χ1v) is 10.5. The number of nitrogens with one attached hydrogen (secondary N) is 1. The van der Waals surface area contributed by atoms with Crippen molar-refractivity contribution in [2.75, 3.05) is 36.5 Å². The number of rotatable bonds is 3. The second-order valence-corrected chi connectivity index (χ2v) is 8.21. The number of carbonyl (C=O) groups excluding carboxylic acids is 1. The number of carboxylic acid groups (broad SMARTS) is 2. The number of ether oxygens (including phenoxy) is 1. The van der Waals surface area contributed by atoms with E-state index in [0.29, 0.717) is 30.2 Å². The summed E-state index contributed by atoms with van der Waals surface area (Å²) in [6, 6.07) is 11.5. The summed E-state index contributed by atoms with van der Waals surface area (Å²) in [5.41, 5.74) is 2.54. The molecule has 2 aromatic heterocycles. The average molecular weight is 472 g/mol. The van der Waals surface area contributed by atoms with Crippen LogP contribution < -0.4 is 10.2 Å². The maximum Gasteiger partial charge on any atom is 0.290 e. The Bertz CT molecular complexity index is 1080. The molecule has 1 saturated heterocycles. The van der Waals surface area contributed by atoms with Crippen molar-refractivity contribution in [3.63, 3.8) is 0 Å². The number of amides is 1. The summed E-state index contributed by atoms with van der Waals surface area (Å²) in [6.07, 6.45) is 1.74. The van der Waals surface area contributed by atoms with E-state index in [1.54, 1.807) is 10.7 Å². The third kappa shape index (κ3) is 7.27. The molecule has 4 rings (SSSR count). The Kier molecular flexibility index (Phi) is 9.50. The van der Waals surface area contributed by atoms with E-state index in [-0.39, 0.29) is 24.3 Å². The summed E-state index contributed by atoms with van der Waals surface area (Å²) in [7, 11) is 0. The van der Waals surface area contributed by atoms with Crippen molar-refractivity contribution < 1.29 is 29.3 Å². The van der Waals surface area contributed by atoms with Gasteiger partial charge in [-0.25, -0.2) is 9.50 Å². The summed E-state index contributed by atoms with van der Waals surface area (Å²) in [6.45, 7) is 9.01. The average Bonchev–Trinajstić information content (AvgIpc) is 3.21. The lowest BCUT2D eigenvalue weighted by molar-refractivity contribution is -0.123. The first kappa shape index (κ1) is 26.3. The highest BCUT2D eigenvalue weighted by atomic mass is 16.5. The van der Waals surface area contributed by atoms with Gasteiger partial charge in [-0.15, -0.1) is 5.10 Å². The monoisotopic (exact) mass is 471 g/mol. The number of anilines is 2. The van der Waals surface area contributed by atoms with E-state index in [0.717, 1.165) is 18.9 Å². The van der Waals surface area contributed by atoms with Crippen LogP contribution >= 0.6 is 0 Å². The Balaban J connectivity index is 0.000000618. The Morgan fingerprint density at radius 1 is 1.03 bits per heavy atom. The summed E-state index contributed by atoms with van der Waals surface area (Å²) >= 11 is 0. The molecule has 0 radical (unpaired) electrons. The van der Waals surface area contributed by atoms with Gasteiger partial charge in [0.2, 0.25) is 0 Å². The number of carbonyl (C=O) groups is 3. The molecule has 0 atom stereocenters. The van der Waals surface area contributed by atoms with Gasteiger partial charge in [-0.1, -0.05) is 32.9 Å². The highest BCUT2D eigenvalue weighted by molar-refractivity contribution is 6.03. The predicted molar refractivity (Wildman–Crippen MR) is 126 cm³/mol. The molecule has 3 aromatic rings. The zero-order valence-corrected chi connectivity index (χ0v) is 19.3. The van der Waals surface area contributed by atoms with Crippen LogP contribution in [0.4, 0.5) is 11.6 Å². The van der Waals surface area contributed by atoms with E-state index in [2.05, 4.69) is 41.1 Å². The molecule has 34 heavy (non-hydrogen) atoms. The standard InChI is InChI=1S/C21H25N5O2.2CH2O2/c1-21(2,3)16-6-4-15(5-7-16)20(27)23-17-14-26-18(22-17)8-9-19(24-26)25-10-12-28-13-11-25;2*2-1-3/h4-9,14H,10-13H2,1-3H3,(H,23,27);2*1H,(H,2,3). The van der Waals surface area contributed by atoms with Crippen molar-refractivity contribution in [3.8, 4) is 0 Å². The third-order valence-electron chi connectivity index (χ3n) is 4.90. The lowest BCUT2D eigenvalue weighted by atomic mass is 9.87. The van der Waals surface area contributed by atoms with Gasteiger partial charge in [-0.05, 0) is 35.2 Å². The van der Waals surface area contributed by atoms with Gasteiger partial charge in [-0.3, -0.25) is 14.4 Å². The van der Waals surface area contributed by atoms with E-state index in [9.17, 15) is 4.79 Å². The first-order valence-electron chi connectivity index (χ1n) is 10.5. The van der Waals surface area contributed by atoms with Gasteiger partial charge in [0.25, 0.3) is 18.9 Å². The fraction of sp³-hybridized carbons (Fsp3) is 0.348. The van der Waals surface area contributed by atoms with Crippen LogP contribution in [0.15, 0.2) is 42.6 Å². The number of benzene rings is 1. The summed E-state index contributed by atoms with van der Waals surface area (Å²) < 4.78 is 7.09. The zero-order valence-electron chi connectivity index (χ0n) is 19.3. The normalized spacial score (nSPS) is 13.1. The van der Waals surface area contributed by atoms with Crippen LogP contribution in [0.2, 0.25) is 0 Å². The second-order valence-electron chi connectivity index (χ2n) is 8.21. The molecular weight excluding hydrogens is 442 g/mol. The topological polar surface area (TPSA) is 146 Å². The van der Waals surface area contributed by atoms with Gasteiger partial charge in [0.1, 0.15) is 5.82 Å². The van der Waals surface area contributed by atoms with Gasteiger partial charge >= 0.3 is 0 Å². The SMILES string of the molecule is CC(C)(C)c1ccc(C(=O)Nc2cn3nc(N4CCOCC4)ccc3n2)cc1.O=CO.O=CO. The van der Waals surface area contributed by atoms with Crippen LogP contribution in [0.3, 0.4) is 0 Å². The molecule has 1 amide bonds. The smallest absolute Gasteiger partial charge is 0.290 e. The zero-order chi connectivity index (χ0) is 25.1. The van der Waals surface area contributed by atoms with Crippen LogP contribution in [-0.4, -0.2) is 70.0 Å². The van der Waals surface area contributed by atoms with Gasteiger partial charge in [0, 0.05) is 18.7 Å². The Morgan fingerprint density at radius 2 is 1.62 bits per heavy atom. The molecule has 1 aliphatic rings. The summed E-state index contributed by atoms with van der Waals surface area (Å²) in [5, 5.41) is 21.2. The van der Waals surface area contributed by atoms with Crippen LogP contribution in [-0.2, 0) is 19.7 Å². The third-order valence-corrected chi connectivity index (χ3v) is 4.90. The van der Waals surface area contributed by atoms with Gasteiger partial charge in [0.05, 0.1) is 19.4 Å². The number of hydrogen-bond acceptors (Lipinski definition) is 7. The quantitative estimate of drug-likeness (QED) is 0.490. The minimum absolute atomic E-state index is 0.0560. The van der Waals surface area contributed by atoms with Crippen molar-refractivity contribution in [1.29, 1.82) is 0 Å². The Labute approximate surface area is 197 Å². The fourth-order valence-electron chi connectivity index (χ4n) is 3.20. The predicted octanol–water partition coefficient (Wildman–Crippen LogP) is 2.52. The van der Waals surface area contributed by atoms with Crippen LogP contribution in [0, 0.1) is 0 Å². The van der Waals surface area contributed by atoms with E-state index in [1.165, 1.54) is 5.56 Å². The van der Waals surface area contributed by atoms with E-state index in [4.69, 9.17) is 24.5 Å². The van der Waals surface area contributed by atoms with Crippen molar-refractivity contribution in [2.24, 2.45) is 0 Å². The molecule has 0 unspecified atom stereocenters. The van der Waals surface area contributed by atoms with Crippen molar-refractivity contribution in [2.45, 2.75) is 26.2 Å². The number of aromatic nitrogens is 3. The number of nitrogens with zero attached hydrogens (tertiary/aromatic N) is 4. The number of morpholine rings is 1. The molecule has 182 valence electrons. The molecule has 1 aliphatic heterocycles. The molecule has 3 heterocycles. The van der Waals surface area contributed by atoms with Crippen LogP contribution in [0.5, 0.6) is 0 Å². The molecule has 11 nitrogen and oxygen atoms in total. The van der Waals surface area contributed by atoms with Crippen molar-refractivity contribution in [3.05, 3.63) is 53.7 Å². The van der Waals surface area contributed by atoms with Gasteiger partial charge in [0.15, 0.2) is 11.5 Å². The van der Waals surface area contributed by atoms with E-state index < -0.39 is 0 Å². The van der Waals surface area contributed by atoms with E-state index >= 15 is 0 Å². The summed E-state index contributed by atoms with van der Waals surface area (Å²) in [4.78, 5) is 35.9. The Morgan fingerprint density at radius 3 is 2.18 bits per heavy atom. The molecular formula is C23H29N5O6. The lowest BCUT2D eigenvalue weighted by Gasteiger charge is -2.27. The van der Waals surface area contributed by atoms with Gasteiger partial charge in [-0.2, -0.15) is 0 Å².